The van der Waals surface area contributed by atoms with Crippen LogP contribution in [0, 0.1) is 13.8 Å². The first-order valence-corrected chi connectivity index (χ1v) is 29.1. The van der Waals surface area contributed by atoms with Gasteiger partial charge in [-0.2, -0.15) is 0 Å². The number of aryl methyl sites for hydroxylation is 2. The van der Waals surface area contributed by atoms with Crippen molar-refractivity contribution >= 4 is 54.3 Å². The maximum Gasteiger partial charge on any atom is 0.192 e. The van der Waals surface area contributed by atoms with E-state index < -0.39 is 5.41 Å². The largest absolute Gasteiger partial charge is 0.355 e. The van der Waals surface area contributed by atoms with Gasteiger partial charge in [-0.3, -0.25) is 0 Å². The summed E-state index contributed by atoms with van der Waals surface area (Å²) in [6.45, 7) is 24.9. The summed E-state index contributed by atoms with van der Waals surface area (Å²) < 4.78 is 0. The monoisotopic (exact) mass is 1010 g/mol. The van der Waals surface area contributed by atoms with Crippen LogP contribution in [0.25, 0.3) is 33.4 Å². The molecule has 1 atom stereocenters. The molecule has 7 aliphatic rings. The molecule has 0 bridgehead atoms. The van der Waals surface area contributed by atoms with Crippen LogP contribution in [-0.4, -0.2) is 21.7 Å². The number of nitrogens with zero attached hydrogens (tertiary/aromatic N) is 1. The van der Waals surface area contributed by atoms with Crippen molar-refractivity contribution in [2.75, 3.05) is 16.8 Å². The number of para-hydroxylation sites is 1. The number of allylic oxidation sites excluding steroid dienone is 15. The highest BCUT2D eigenvalue weighted by molar-refractivity contribution is 6.66. The number of benzene rings is 6. The second-order valence-electron chi connectivity index (χ2n) is 25.6. The van der Waals surface area contributed by atoms with Crippen molar-refractivity contribution < 1.29 is 0 Å². The predicted octanol–water partition coefficient (Wildman–Crippen LogP) is 16.2. The van der Waals surface area contributed by atoms with Crippen LogP contribution in [0.4, 0.5) is 17.1 Å². The zero-order chi connectivity index (χ0) is 53.9. The van der Waals surface area contributed by atoms with Gasteiger partial charge in [0.2, 0.25) is 0 Å². The van der Waals surface area contributed by atoms with E-state index in [0.717, 1.165) is 45.9 Å². The van der Waals surface area contributed by atoms with Crippen molar-refractivity contribution in [3.8, 4) is 22.3 Å². The van der Waals surface area contributed by atoms with Gasteiger partial charge in [0.05, 0.1) is 11.1 Å². The molecule has 0 radical (unpaired) electrons. The number of anilines is 3. The minimum absolute atomic E-state index is 0.125. The Bertz CT molecular complexity index is 3800. The molecular weight excluding hydrogens is 938 g/mol. The lowest BCUT2D eigenvalue weighted by atomic mass is 9.56. The molecule has 6 aromatic carbocycles. The molecule has 5 aliphatic carbocycles. The fourth-order valence-corrected chi connectivity index (χ4v) is 15.2. The van der Waals surface area contributed by atoms with Gasteiger partial charge in [0.25, 0.3) is 0 Å². The summed E-state index contributed by atoms with van der Waals surface area (Å²) in [6, 6.07) is 42.8. The molecule has 0 fully saturated rings. The number of hydrogen-bond donors (Lipinski definition) is 1. The highest BCUT2D eigenvalue weighted by atomic mass is 15.1. The van der Waals surface area contributed by atoms with Crippen molar-refractivity contribution in [1.29, 1.82) is 0 Å². The number of fused-ring (bicyclic) bond motifs is 4. The lowest BCUT2D eigenvalue weighted by molar-refractivity contribution is 0.331. The van der Waals surface area contributed by atoms with E-state index in [-0.39, 0.29) is 16.2 Å². The van der Waals surface area contributed by atoms with E-state index in [1.165, 1.54) is 152 Å². The topological polar surface area (TPSA) is 15.3 Å². The minimum Gasteiger partial charge on any atom is -0.355 e. The van der Waals surface area contributed by atoms with Crippen LogP contribution >= 0.6 is 0 Å². The van der Waals surface area contributed by atoms with E-state index in [1.54, 1.807) is 0 Å². The highest BCUT2D eigenvalue weighted by Crippen LogP contribution is 2.58. The van der Waals surface area contributed by atoms with Crippen LogP contribution in [0.5, 0.6) is 0 Å². The van der Waals surface area contributed by atoms with Crippen molar-refractivity contribution in [3.63, 3.8) is 0 Å². The predicted molar refractivity (Wildman–Crippen MR) is 340 cm³/mol. The van der Waals surface area contributed by atoms with Gasteiger partial charge < -0.3 is 10.2 Å². The van der Waals surface area contributed by atoms with Crippen molar-refractivity contribution in [2.24, 2.45) is 0 Å². The molecule has 2 nitrogen and oxygen atoms in total. The van der Waals surface area contributed by atoms with Crippen LogP contribution in [-0.2, 0) is 21.7 Å². The normalized spacial score (nSPS) is 22.1. The first kappa shape index (κ1) is 50.2. The summed E-state index contributed by atoms with van der Waals surface area (Å²) in [5, 5.41) is 4.23. The molecule has 0 aromatic heterocycles. The Kier molecular flexibility index (Phi) is 12.0. The lowest BCUT2D eigenvalue weighted by Gasteiger charge is -2.47. The summed E-state index contributed by atoms with van der Waals surface area (Å²) in [4.78, 5) is 2.68. The molecule has 0 saturated carbocycles. The Morgan fingerprint density at radius 2 is 1.40 bits per heavy atom. The van der Waals surface area contributed by atoms with E-state index in [2.05, 4.69) is 243 Å². The van der Waals surface area contributed by atoms with Crippen LogP contribution in [0.1, 0.15) is 137 Å². The fraction of sp³-hybridized carbons (Fsp3) is 0.270. The first-order valence-electron chi connectivity index (χ1n) is 29.1. The lowest BCUT2D eigenvalue weighted by Crippen LogP contribution is -2.40. The van der Waals surface area contributed by atoms with E-state index >= 15 is 0 Å². The second-order valence-corrected chi connectivity index (χ2v) is 25.6. The van der Waals surface area contributed by atoms with Crippen LogP contribution in [0.2, 0.25) is 0 Å². The van der Waals surface area contributed by atoms with Gasteiger partial charge in [0.15, 0.2) is 7.28 Å². The third-order valence-corrected chi connectivity index (χ3v) is 19.4. The van der Waals surface area contributed by atoms with Crippen LogP contribution in [0.15, 0.2) is 204 Å². The fourth-order valence-electron chi connectivity index (χ4n) is 15.2. The molecule has 386 valence electrons. The van der Waals surface area contributed by atoms with Crippen LogP contribution in [0.3, 0.4) is 0 Å². The third-order valence-electron chi connectivity index (χ3n) is 19.4. The molecule has 2 heterocycles. The molecule has 0 spiro atoms. The quantitative estimate of drug-likeness (QED) is 0.160. The molecule has 0 saturated heterocycles. The van der Waals surface area contributed by atoms with E-state index in [9.17, 15) is 0 Å². The summed E-state index contributed by atoms with van der Waals surface area (Å²) in [5.74, 6) is 0. The van der Waals surface area contributed by atoms with Crippen molar-refractivity contribution in [3.05, 3.63) is 254 Å². The minimum atomic E-state index is -0.422. The zero-order valence-corrected chi connectivity index (χ0v) is 47.7. The van der Waals surface area contributed by atoms with Gasteiger partial charge in [0, 0.05) is 40.2 Å². The van der Waals surface area contributed by atoms with Gasteiger partial charge in [-0.05, 0) is 183 Å². The molecule has 13 rings (SSSR count). The SMILES string of the molecule is Bc1ccc(N2C/C(=C\C=C3/C(=C)c4cc5c(cc4C3(C)C)C(C)(C)CCC5(C)C)Bc3c(-c4cccc5c4NC4=C(CCC=C4)C5(C4=CC=CCC4)c4ccccc4)cc(-c4c(C)cccc4C)cc32)c(C2=CC=CC2)c1. The van der Waals surface area contributed by atoms with Crippen LogP contribution < -0.4 is 21.1 Å². The molecule has 6 aromatic rings. The molecule has 0 amide bonds. The first-order chi connectivity index (χ1) is 37.6. The van der Waals surface area contributed by atoms with Gasteiger partial charge in [-0.1, -0.05) is 210 Å². The van der Waals surface area contributed by atoms with E-state index in [1.807, 2.05) is 0 Å². The number of nitrogens with one attached hydrogen (secondary N) is 1. The van der Waals surface area contributed by atoms with Gasteiger partial charge >= 0.3 is 0 Å². The summed E-state index contributed by atoms with van der Waals surface area (Å²) in [5.41, 5.74) is 32.9. The molecule has 78 heavy (non-hydrogen) atoms. The van der Waals surface area contributed by atoms with Crippen molar-refractivity contribution in [1.82, 2.24) is 0 Å². The molecule has 2 aliphatic heterocycles. The number of hydrogen-bond acceptors (Lipinski definition) is 2. The smallest absolute Gasteiger partial charge is 0.192 e. The van der Waals surface area contributed by atoms with Gasteiger partial charge in [0.1, 0.15) is 7.85 Å². The highest BCUT2D eigenvalue weighted by Gasteiger charge is 2.48. The Balaban J connectivity index is 1.06. The Hall–Kier alpha value is -7.29. The Morgan fingerprint density at radius 1 is 0.654 bits per heavy atom. The zero-order valence-electron chi connectivity index (χ0n) is 47.7. The van der Waals surface area contributed by atoms with E-state index in [4.69, 9.17) is 6.58 Å². The summed E-state index contributed by atoms with van der Waals surface area (Å²) >= 11 is 0. The summed E-state index contributed by atoms with van der Waals surface area (Å²) in [6.07, 6.45) is 31.1. The van der Waals surface area contributed by atoms with Crippen molar-refractivity contribution in [2.45, 2.75) is 122 Å². The maximum atomic E-state index is 4.93. The second kappa shape index (κ2) is 18.7. The number of rotatable bonds is 7. The standard InChI is InChI=1S/C74H74B2N2/c1-46-22-20-23-47(2)68(46)50-40-58(55-30-21-32-61-70(55)77-65-33-19-18-31-60(65)74(61,51-26-12-10-13-27-51)52-28-14-11-15-29-52)69-67(41-50)78(66-37-34-53(75)42-57(66)49-24-16-17-25-49)45-54(76-69)35-36-59-48(3)56-43-63-64(44-62(56)73(59,8)9)72(6,7)39-38-71(63,4)5/h10-14,16-17,19-24,26-28,30,32-37,40-44,76-77H,3,15,18,25,29,31,38-39,45,75H2,1-2,4-9H3/b54-35+,59-36+. The summed E-state index contributed by atoms with van der Waals surface area (Å²) in [7, 11) is 3.06. The maximum absolute atomic E-state index is 4.93. The molecule has 1 N–H and O–H groups in total. The Morgan fingerprint density at radius 3 is 2.14 bits per heavy atom. The third kappa shape index (κ3) is 7.90. The molecule has 1 unspecified atom stereocenters. The average molecular weight is 1010 g/mol. The Labute approximate surface area is 467 Å². The van der Waals surface area contributed by atoms with E-state index in [0.29, 0.717) is 0 Å². The van der Waals surface area contributed by atoms with Gasteiger partial charge in [-0.25, -0.2) is 0 Å². The molecule has 4 heteroatoms. The average Bonchev–Trinajstić information content (AvgIpc) is 4.08. The van der Waals surface area contributed by atoms with Gasteiger partial charge in [-0.15, -0.1) is 0 Å². The molecular formula is C74H74B2N2.